The van der Waals surface area contributed by atoms with Crippen molar-refractivity contribution in [1.82, 2.24) is 4.90 Å². The number of rotatable bonds is 3. The molecule has 2 N–H and O–H groups in total. The van der Waals surface area contributed by atoms with Gasteiger partial charge in [-0.05, 0) is 37.6 Å². The zero-order valence-electron chi connectivity index (χ0n) is 10.3. The van der Waals surface area contributed by atoms with Crippen LogP contribution in [-0.2, 0) is 4.79 Å². The second kappa shape index (κ2) is 5.71. The molecule has 0 unspecified atom stereocenters. The van der Waals surface area contributed by atoms with E-state index in [4.69, 9.17) is 10.5 Å². The highest BCUT2D eigenvalue weighted by Crippen LogP contribution is 2.18. The Hall–Kier alpha value is -1.07. The van der Waals surface area contributed by atoms with Crippen molar-refractivity contribution < 1.29 is 9.53 Å². The van der Waals surface area contributed by atoms with E-state index in [1.165, 1.54) is 0 Å². The van der Waals surface area contributed by atoms with Crippen LogP contribution in [0.3, 0.4) is 0 Å². The Labute approximate surface area is 115 Å². The summed E-state index contributed by atoms with van der Waals surface area (Å²) in [6.45, 7) is 3.13. The lowest BCUT2D eigenvalue weighted by molar-refractivity contribution is -0.136. The van der Waals surface area contributed by atoms with E-state index >= 15 is 0 Å². The number of nitrogens with zero attached hydrogens (tertiary/aromatic N) is 1. The highest BCUT2D eigenvalue weighted by atomic mass is 79.9. The highest BCUT2D eigenvalue weighted by molar-refractivity contribution is 9.10. The normalized spacial score (nSPS) is 20.8. The SMILES string of the molecule is C[C@H](Oc1ccc(Br)cc1)C(=O)N1CC[C@H](N)C1. The molecule has 1 heterocycles. The van der Waals surface area contributed by atoms with E-state index in [0.29, 0.717) is 12.3 Å². The summed E-state index contributed by atoms with van der Waals surface area (Å²) >= 11 is 3.36. The molecule has 1 aliphatic rings. The number of likely N-dealkylation sites (tertiary alicyclic amines) is 1. The molecule has 1 amide bonds. The monoisotopic (exact) mass is 312 g/mol. The molecule has 0 spiro atoms. The first-order chi connectivity index (χ1) is 8.56. The lowest BCUT2D eigenvalue weighted by Gasteiger charge is -2.21. The molecular formula is C13H17BrN2O2. The van der Waals surface area contributed by atoms with Crippen molar-refractivity contribution in [3.63, 3.8) is 0 Å². The minimum absolute atomic E-state index is 0.00543. The molecule has 98 valence electrons. The largest absolute Gasteiger partial charge is 0.481 e. The molecule has 5 heteroatoms. The fourth-order valence-electron chi connectivity index (χ4n) is 2.01. The van der Waals surface area contributed by atoms with Crippen LogP contribution in [0.25, 0.3) is 0 Å². The fourth-order valence-corrected chi connectivity index (χ4v) is 2.28. The molecule has 0 aliphatic carbocycles. The van der Waals surface area contributed by atoms with Crippen LogP contribution in [0.4, 0.5) is 0 Å². The van der Waals surface area contributed by atoms with Crippen LogP contribution < -0.4 is 10.5 Å². The number of benzene rings is 1. The second-order valence-electron chi connectivity index (χ2n) is 4.55. The van der Waals surface area contributed by atoms with Gasteiger partial charge in [-0.2, -0.15) is 0 Å². The third-order valence-corrected chi connectivity index (χ3v) is 3.54. The van der Waals surface area contributed by atoms with E-state index in [2.05, 4.69) is 15.9 Å². The van der Waals surface area contributed by atoms with Crippen LogP contribution in [0.15, 0.2) is 28.7 Å². The molecule has 2 atom stereocenters. The van der Waals surface area contributed by atoms with Crippen LogP contribution in [0.1, 0.15) is 13.3 Å². The third-order valence-electron chi connectivity index (χ3n) is 3.01. The lowest BCUT2D eigenvalue weighted by Crippen LogP contribution is -2.40. The van der Waals surface area contributed by atoms with Gasteiger partial charge in [0.1, 0.15) is 5.75 Å². The first-order valence-electron chi connectivity index (χ1n) is 6.03. The summed E-state index contributed by atoms with van der Waals surface area (Å²) in [5.74, 6) is 0.702. The Balaban J connectivity index is 1.93. The predicted molar refractivity (Wildman–Crippen MR) is 73.4 cm³/mol. The van der Waals surface area contributed by atoms with Gasteiger partial charge in [-0.3, -0.25) is 4.79 Å². The van der Waals surface area contributed by atoms with E-state index in [-0.39, 0.29) is 11.9 Å². The first kappa shape index (κ1) is 13.4. The van der Waals surface area contributed by atoms with E-state index in [1.807, 2.05) is 24.3 Å². The summed E-state index contributed by atoms with van der Waals surface area (Å²) in [7, 11) is 0. The minimum atomic E-state index is -0.475. The number of amides is 1. The smallest absolute Gasteiger partial charge is 0.263 e. The van der Waals surface area contributed by atoms with E-state index in [9.17, 15) is 4.79 Å². The van der Waals surface area contributed by atoms with Gasteiger partial charge in [0.05, 0.1) is 0 Å². The van der Waals surface area contributed by atoms with Gasteiger partial charge in [-0.25, -0.2) is 0 Å². The van der Waals surface area contributed by atoms with Gasteiger partial charge in [-0.15, -0.1) is 0 Å². The molecule has 2 rings (SSSR count). The zero-order valence-corrected chi connectivity index (χ0v) is 11.9. The average molecular weight is 313 g/mol. The predicted octanol–water partition coefficient (Wildman–Crippen LogP) is 1.78. The van der Waals surface area contributed by atoms with Gasteiger partial charge in [0.2, 0.25) is 0 Å². The summed E-state index contributed by atoms with van der Waals surface area (Å²) in [6.07, 6.45) is 0.396. The molecule has 4 nitrogen and oxygen atoms in total. The number of nitrogens with two attached hydrogens (primary N) is 1. The van der Waals surface area contributed by atoms with Crippen LogP contribution in [0, 0.1) is 0 Å². The zero-order chi connectivity index (χ0) is 13.1. The summed E-state index contributed by atoms with van der Waals surface area (Å²) in [4.78, 5) is 13.9. The Bertz CT molecular complexity index is 422. The van der Waals surface area contributed by atoms with Crippen molar-refractivity contribution in [3.05, 3.63) is 28.7 Å². The number of ether oxygens (including phenoxy) is 1. The molecule has 0 radical (unpaired) electrons. The van der Waals surface area contributed by atoms with Gasteiger partial charge >= 0.3 is 0 Å². The Morgan fingerprint density at radius 2 is 2.17 bits per heavy atom. The van der Waals surface area contributed by atoms with Crippen molar-refractivity contribution in [2.75, 3.05) is 13.1 Å². The second-order valence-corrected chi connectivity index (χ2v) is 5.46. The van der Waals surface area contributed by atoms with Crippen LogP contribution in [0.5, 0.6) is 5.75 Å². The fraction of sp³-hybridized carbons (Fsp3) is 0.462. The lowest BCUT2D eigenvalue weighted by atomic mass is 10.3. The molecule has 1 saturated heterocycles. The van der Waals surface area contributed by atoms with Crippen molar-refractivity contribution >= 4 is 21.8 Å². The number of hydrogen-bond acceptors (Lipinski definition) is 3. The summed E-state index contributed by atoms with van der Waals surface area (Å²) < 4.78 is 6.61. The third kappa shape index (κ3) is 3.23. The molecule has 1 aliphatic heterocycles. The minimum Gasteiger partial charge on any atom is -0.481 e. The van der Waals surface area contributed by atoms with Crippen molar-refractivity contribution in [1.29, 1.82) is 0 Å². The molecular weight excluding hydrogens is 296 g/mol. The van der Waals surface area contributed by atoms with Crippen molar-refractivity contribution in [2.45, 2.75) is 25.5 Å². The van der Waals surface area contributed by atoms with E-state index in [0.717, 1.165) is 17.4 Å². The number of carbonyl (C=O) groups is 1. The number of hydrogen-bond donors (Lipinski definition) is 1. The molecule has 0 bridgehead atoms. The average Bonchev–Trinajstić information content (AvgIpc) is 2.78. The first-order valence-corrected chi connectivity index (χ1v) is 6.82. The van der Waals surface area contributed by atoms with Gasteiger partial charge in [-0.1, -0.05) is 15.9 Å². The van der Waals surface area contributed by atoms with Gasteiger partial charge in [0.15, 0.2) is 6.10 Å². The van der Waals surface area contributed by atoms with E-state index < -0.39 is 6.10 Å². The maximum atomic E-state index is 12.1. The highest BCUT2D eigenvalue weighted by Gasteiger charge is 2.28. The summed E-state index contributed by atoms with van der Waals surface area (Å²) in [5, 5.41) is 0. The van der Waals surface area contributed by atoms with Gasteiger partial charge < -0.3 is 15.4 Å². The van der Waals surface area contributed by atoms with Crippen molar-refractivity contribution in [2.24, 2.45) is 5.73 Å². The molecule has 1 aromatic carbocycles. The molecule has 1 fully saturated rings. The van der Waals surface area contributed by atoms with Crippen LogP contribution in [0.2, 0.25) is 0 Å². The summed E-state index contributed by atoms with van der Waals surface area (Å²) in [6, 6.07) is 7.55. The van der Waals surface area contributed by atoms with Crippen LogP contribution >= 0.6 is 15.9 Å². The number of carbonyl (C=O) groups excluding carboxylic acids is 1. The molecule has 18 heavy (non-hydrogen) atoms. The summed E-state index contributed by atoms with van der Waals surface area (Å²) in [5.41, 5.74) is 5.79. The van der Waals surface area contributed by atoms with Gasteiger partial charge in [0.25, 0.3) is 5.91 Å². The molecule has 0 aromatic heterocycles. The Kier molecular flexibility index (Phi) is 4.24. The topological polar surface area (TPSA) is 55.6 Å². The van der Waals surface area contributed by atoms with Crippen LogP contribution in [-0.4, -0.2) is 36.0 Å². The quantitative estimate of drug-likeness (QED) is 0.925. The van der Waals surface area contributed by atoms with Gasteiger partial charge in [0, 0.05) is 23.6 Å². The van der Waals surface area contributed by atoms with Crippen molar-refractivity contribution in [3.8, 4) is 5.75 Å². The molecule has 1 aromatic rings. The Morgan fingerprint density at radius 1 is 1.50 bits per heavy atom. The maximum Gasteiger partial charge on any atom is 0.263 e. The van der Waals surface area contributed by atoms with E-state index in [1.54, 1.807) is 11.8 Å². The Morgan fingerprint density at radius 3 is 2.72 bits per heavy atom. The maximum absolute atomic E-state index is 12.1. The molecule has 0 saturated carbocycles. The standard InChI is InChI=1S/C13H17BrN2O2/c1-9(13(17)16-7-6-11(15)8-16)18-12-4-2-10(14)3-5-12/h2-5,9,11H,6-8,15H2,1H3/t9-,11-/m0/s1. The number of halogens is 1.